The Morgan fingerprint density at radius 3 is 2.32 bits per heavy atom. The van der Waals surface area contributed by atoms with Gasteiger partial charge in [-0.15, -0.1) is 0 Å². The molecule has 0 N–H and O–H groups in total. The van der Waals surface area contributed by atoms with Crippen LogP contribution in [0.15, 0.2) is 53.7 Å². The van der Waals surface area contributed by atoms with Crippen molar-refractivity contribution in [3.63, 3.8) is 0 Å². The zero-order valence-corrected chi connectivity index (χ0v) is 13.2. The third-order valence-corrected chi connectivity index (χ3v) is 4.24. The summed E-state index contributed by atoms with van der Waals surface area (Å²) in [5.74, 6) is 1.63. The Labute approximate surface area is 126 Å². The summed E-state index contributed by atoms with van der Waals surface area (Å²) in [4.78, 5) is 0. The number of halogens is 1. The first-order valence-corrected chi connectivity index (χ1v) is 7.31. The number of aromatic nitrogens is 1. The van der Waals surface area contributed by atoms with Gasteiger partial charge in [0.05, 0.1) is 0 Å². The summed E-state index contributed by atoms with van der Waals surface area (Å²) < 4.78 is 2.16. The first-order chi connectivity index (χ1) is 8.66. The molecule has 0 saturated heterocycles. The quantitative estimate of drug-likeness (QED) is 0.599. The number of rotatable bonds is 4. The molecule has 0 bridgehead atoms. The lowest BCUT2D eigenvalue weighted by molar-refractivity contribution is -0.708. The SMILES string of the molecule is CC(C)c1ccc(CSc2cccc[n+]2C)cc1.[Cl-]. The lowest BCUT2D eigenvalue weighted by Crippen LogP contribution is -3.00. The van der Waals surface area contributed by atoms with Gasteiger partial charge in [-0.25, -0.2) is 0 Å². The van der Waals surface area contributed by atoms with Gasteiger partial charge in [-0.3, -0.25) is 0 Å². The molecule has 0 aliphatic rings. The molecule has 0 unspecified atom stereocenters. The molecule has 2 rings (SSSR count). The van der Waals surface area contributed by atoms with Crippen molar-refractivity contribution in [2.24, 2.45) is 7.05 Å². The first-order valence-electron chi connectivity index (χ1n) is 6.33. The molecule has 0 aliphatic heterocycles. The molecular formula is C16H20ClNS. The number of hydrogen-bond acceptors (Lipinski definition) is 1. The molecule has 0 radical (unpaired) electrons. The van der Waals surface area contributed by atoms with Crippen LogP contribution in [0.3, 0.4) is 0 Å². The Balaban J connectivity index is 0.00000180. The molecule has 3 heteroatoms. The van der Waals surface area contributed by atoms with E-state index in [4.69, 9.17) is 0 Å². The van der Waals surface area contributed by atoms with E-state index < -0.39 is 0 Å². The summed E-state index contributed by atoms with van der Waals surface area (Å²) in [5.41, 5.74) is 2.79. The van der Waals surface area contributed by atoms with E-state index in [1.54, 1.807) is 0 Å². The lowest BCUT2D eigenvalue weighted by Gasteiger charge is -2.06. The maximum Gasteiger partial charge on any atom is 0.240 e. The Bertz CT molecular complexity index is 508. The second-order valence-corrected chi connectivity index (χ2v) is 5.83. The maximum atomic E-state index is 2.24. The van der Waals surface area contributed by atoms with E-state index in [-0.39, 0.29) is 12.4 Å². The number of pyridine rings is 1. The van der Waals surface area contributed by atoms with Crippen LogP contribution in [0.4, 0.5) is 0 Å². The predicted molar refractivity (Wildman–Crippen MR) is 77.7 cm³/mol. The van der Waals surface area contributed by atoms with Crippen molar-refractivity contribution >= 4 is 11.8 Å². The molecule has 0 fully saturated rings. The fourth-order valence-electron chi connectivity index (χ4n) is 1.81. The fraction of sp³-hybridized carbons (Fsp3) is 0.312. The maximum absolute atomic E-state index is 2.24. The summed E-state index contributed by atoms with van der Waals surface area (Å²) in [6.07, 6.45) is 2.09. The topological polar surface area (TPSA) is 3.88 Å². The van der Waals surface area contributed by atoms with Gasteiger partial charge in [-0.05, 0) is 23.1 Å². The molecule has 1 heterocycles. The van der Waals surface area contributed by atoms with Gasteiger partial charge in [0, 0.05) is 17.9 Å². The van der Waals surface area contributed by atoms with Crippen LogP contribution >= 0.6 is 11.8 Å². The number of hydrogen-bond donors (Lipinski definition) is 0. The molecule has 0 amide bonds. The van der Waals surface area contributed by atoms with Crippen molar-refractivity contribution in [3.8, 4) is 0 Å². The van der Waals surface area contributed by atoms with Crippen molar-refractivity contribution < 1.29 is 17.0 Å². The highest BCUT2D eigenvalue weighted by Gasteiger charge is 2.06. The third-order valence-electron chi connectivity index (χ3n) is 3.04. The van der Waals surface area contributed by atoms with Crippen molar-refractivity contribution in [3.05, 3.63) is 59.8 Å². The van der Waals surface area contributed by atoms with Crippen LogP contribution in [-0.4, -0.2) is 0 Å². The van der Waals surface area contributed by atoms with E-state index >= 15 is 0 Å². The minimum Gasteiger partial charge on any atom is -1.00 e. The van der Waals surface area contributed by atoms with Crippen LogP contribution in [0, 0.1) is 0 Å². The van der Waals surface area contributed by atoms with Crippen LogP contribution < -0.4 is 17.0 Å². The molecule has 19 heavy (non-hydrogen) atoms. The Morgan fingerprint density at radius 2 is 1.74 bits per heavy atom. The molecule has 0 atom stereocenters. The normalized spacial score (nSPS) is 10.3. The molecular weight excluding hydrogens is 274 g/mol. The van der Waals surface area contributed by atoms with E-state index in [9.17, 15) is 0 Å². The minimum absolute atomic E-state index is 0. The van der Waals surface area contributed by atoms with Crippen LogP contribution in [0.25, 0.3) is 0 Å². The first kappa shape index (κ1) is 16.1. The highest BCUT2D eigenvalue weighted by atomic mass is 35.5. The molecule has 0 spiro atoms. The van der Waals surface area contributed by atoms with Gasteiger partial charge in [-0.2, -0.15) is 4.57 Å². The van der Waals surface area contributed by atoms with Gasteiger partial charge in [-0.1, -0.05) is 49.9 Å². The molecule has 0 aliphatic carbocycles. The minimum atomic E-state index is 0. The fourth-order valence-corrected chi connectivity index (χ4v) is 2.76. The van der Waals surface area contributed by atoms with E-state index in [0.717, 1.165) is 5.75 Å². The van der Waals surface area contributed by atoms with Crippen LogP contribution in [0.5, 0.6) is 0 Å². The van der Waals surface area contributed by atoms with E-state index in [1.165, 1.54) is 16.2 Å². The highest BCUT2D eigenvalue weighted by Crippen LogP contribution is 2.21. The number of nitrogens with zero attached hydrogens (tertiary/aromatic N) is 1. The smallest absolute Gasteiger partial charge is 0.240 e. The van der Waals surface area contributed by atoms with Gasteiger partial charge < -0.3 is 12.4 Å². The number of aryl methyl sites for hydroxylation is 1. The van der Waals surface area contributed by atoms with Crippen LogP contribution in [0.2, 0.25) is 0 Å². The number of thioether (sulfide) groups is 1. The van der Waals surface area contributed by atoms with E-state index in [0.29, 0.717) is 5.92 Å². The second kappa shape index (κ2) is 7.56. The summed E-state index contributed by atoms with van der Waals surface area (Å²) in [7, 11) is 2.09. The molecule has 1 aromatic carbocycles. The lowest BCUT2D eigenvalue weighted by atomic mass is 10.0. The standard InChI is InChI=1S/C16H20NS.ClH/c1-13(2)15-9-7-14(8-10-15)12-18-16-6-4-5-11-17(16)3;/h4-11,13H,12H2,1-3H3;1H/q+1;/p-1. The Kier molecular flexibility index (Phi) is 6.40. The molecule has 1 aromatic heterocycles. The average molecular weight is 294 g/mol. The summed E-state index contributed by atoms with van der Waals surface area (Å²) in [6, 6.07) is 15.3. The van der Waals surface area contributed by atoms with Crippen molar-refractivity contribution in [2.75, 3.05) is 0 Å². The summed E-state index contributed by atoms with van der Waals surface area (Å²) in [5, 5.41) is 1.30. The molecule has 2 aromatic rings. The van der Waals surface area contributed by atoms with Crippen LogP contribution in [0.1, 0.15) is 30.9 Å². The number of benzene rings is 1. The zero-order valence-electron chi connectivity index (χ0n) is 11.6. The van der Waals surface area contributed by atoms with Gasteiger partial charge in [0.2, 0.25) is 5.03 Å². The molecule has 102 valence electrons. The van der Waals surface area contributed by atoms with Crippen molar-refractivity contribution in [2.45, 2.75) is 30.5 Å². The van der Waals surface area contributed by atoms with E-state index in [1.807, 2.05) is 11.8 Å². The van der Waals surface area contributed by atoms with Crippen molar-refractivity contribution in [1.29, 1.82) is 0 Å². The predicted octanol–water partition coefficient (Wildman–Crippen LogP) is 0.931. The summed E-state index contributed by atoms with van der Waals surface area (Å²) >= 11 is 1.88. The zero-order chi connectivity index (χ0) is 13.0. The second-order valence-electron chi connectivity index (χ2n) is 4.83. The largest absolute Gasteiger partial charge is 1.00 e. The van der Waals surface area contributed by atoms with Crippen molar-refractivity contribution in [1.82, 2.24) is 0 Å². The molecule has 1 nitrogen and oxygen atoms in total. The third kappa shape index (κ3) is 4.55. The van der Waals surface area contributed by atoms with Gasteiger partial charge in [0.15, 0.2) is 6.20 Å². The summed E-state index contributed by atoms with van der Waals surface area (Å²) in [6.45, 7) is 4.46. The highest BCUT2D eigenvalue weighted by molar-refractivity contribution is 7.98. The van der Waals surface area contributed by atoms with Gasteiger partial charge in [0.25, 0.3) is 0 Å². The monoisotopic (exact) mass is 293 g/mol. The molecule has 0 saturated carbocycles. The average Bonchev–Trinajstić information content (AvgIpc) is 2.38. The Hall–Kier alpha value is -0.990. The van der Waals surface area contributed by atoms with Gasteiger partial charge >= 0.3 is 0 Å². The van der Waals surface area contributed by atoms with Crippen LogP contribution in [-0.2, 0) is 12.8 Å². The van der Waals surface area contributed by atoms with E-state index in [2.05, 4.69) is 74.1 Å². The van der Waals surface area contributed by atoms with Gasteiger partial charge in [0.1, 0.15) is 7.05 Å². The Morgan fingerprint density at radius 1 is 1.05 bits per heavy atom.